The van der Waals surface area contributed by atoms with E-state index in [0.29, 0.717) is 5.75 Å². The molecule has 0 bridgehead atoms. The minimum absolute atomic E-state index is 0.253. The first-order valence-electron chi connectivity index (χ1n) is 9.81. The molecule has 0 amide bonds. The zero-order chi connectivity index (χ0) is 17.5. The minimum atomic E-state index is 0.253. The Labute approximate surface area is 148 Å². The van der Waals surface area contributed by atoms with Crippen LogP contribution in [0.2, 0.25) is 0 Å². The molecule has 1 aromatic rings. The number of benzene rings is 1. The Morgan fingerprint density at radius 2 is 1.42 bits per heavy atom. The number of hydrogen-bond donors (Lipinski definition) is 1. The van der Waals surface area contributed by atoms with Gasteiger partial charge in [-0.25, -0.2) is 0 Å². The fourth-order valence-corrected chi connectivity index (χ4v) is 2.97. The van der Waals surface area contributed by atoms with Gasteiger partial charge < -0.3 is 9.84 Å². The quantitative estimate of drug-likeness (QED) is 0.368. The van der Waals surface area contributed by atoms with E-state index in [9.17, 15) is 5.11 Å². The van der Waals surface area contributed by atoms with Gasteiger partial charge in [0.15, 0.2) is 0 Å². The van der Waals surface area contributed by atoms with E-state index in [1.807, 2.05) is 6.07 Å². The van der Waals surface area contributed by atoms with Crippen molar-refractivity contribution in [3.05, 3.63) is 29.8 Å². The van der Waals surface area contributed by atoms with Crippen LogP contribution in [0, 0.1) is 0 Å². The van der Waals surface area contributed by atoms with Gasteiger partial charge in [-0.15, -0.1) is 0 Å². The maximum Gasteiger partial charge on any atom is 0.123 e. The Kier molecular flexibility index (Phi) is 12.0. The molecular formula is C22H36O2. The molecule has 0 fully saturated rings. The van der Waals surface area contributed by atoms with Crippen molar-refractivity contribution < 1.29 is 9.84 Å². The molecule has 0 heterocycles. The van der Waals surface area contributed by atoms with E-state index < -0.39 is 0 Å². The highest BCUT2D eigenvalue weighted by molar-refractivity contribution is 5.54. The van der Waals surface area contributed by atoms with Gasteiger partial charge in [-0.3, -0.25) is 0 Å². The lowest BCUT2D eigenvalue weighted by Gasteiger charge is -2.03. The van der Waals surface area contributed by atoms with Crippen LogP contribution in [0.3, 0.4) is 0 Å². The Morgan fingerprint density at radius 1 is 0.833 bits per heavy atom. The molecule has 0 aliphatic carbocycles. The van der Waals surface area contributed by atoms with Crippen LogP contribution in [0.5, 0.6) is 11.5 Å². The monoisotopic (exact) mass is 332 g/mol. The first-order chi connectivity index (χ1) is 11.8. The number of unbranched alkanes of at least 4 members (excludes halogenated alkanes) is 11. The second-order valence-corrected chi connectivity index (χ2v) is 6.69. The zero-order valence-electron chi connectivity index (χ0n) is 15.7. The first kappa shape index (κ1) is 20.6. The SMILES string of the molecule is CCCCCCCCCCCCCC=Cc1cc(O)cc(OC)c1. The van der Waals surface area contributed by atoms with Gasteiger partial charge >= 0.3 is 0 Å². The number of phenols is 1. The number of aromatic hydroxyl groups is 1. The average Bonchev–Trinajstić information content (AvgIpc) is 2.58. The number of rotatable bonds is 14. The second-order valence-electron chi connectivity index (χ2n) is 6.69. The molecule has 2 heteroatoms. The summed E-state index contributed by atoms with van der Waals surface area (Å²) in [5.74, 6) is 0.952. The number of methoxy groups -OCH3 is 1. The third kappa shape index (κ3) is 10.4. The van der Waals surface area contributed by atoms with Crippen molar-refractivity contribution in [1.29, 1.82) is 0 Å². The van der Waals surface area contributed by atoms with Crippen LogP contribution >= 0.6 is 0 Å². The molecule has 0 saturated heterocycles. The number of phenolic OH excluding ortho intramolecular Hbond substituents is 1. The number of hydrogen-bond acceptors (Lipinski definition) is 2. The Balaban J connectivity index is 1.99. The summed E-state index contributed by atoms with van der Waals surface area (Å²) in [6, 6.07) is 5.33. The van der Waals surface area contributed by atoms with E-state index >= 15 is 0 Å². The van der Waals surface area contributed by atoms with Crippen molar-refractivity contribution in [1.82, 2.24) is 0 Å². The maximum absolute atomic E-state index is 9.61. The van der Waals surface area contributed by atoms with E-state index in [2.05, 4.69) is 19.1 Å². The van der Waals surface area contributed by atoms with Gasteiger partial charge in [0.25, 0.3) is 0 Å². The predicted molar refractivity (Wildman–Crippen MR) is 105 cm³/mol. The van der Waals surface area contributed by atoms with Crippen molar-refractivity contribution in [2.24, 2.45) is 0 Å². The molecule has 0 atom stereocenters. The average molecular weight is 333 g/mol. The highest BCUT2D eigenvalue weighted by Gasteiger charge is 1.97. The summed E-state index contributed by atoms with van der Waals surface area (Å²) in [4.78, 5) is 0. The van der Waals surface area contributed by atoms with Crippen molar-refractivity contribution in [2.45, 2.75) is 84.0 Å². The highest BCUT2D eigenvalue weighted by atomic mass is 16.5. The van der Waals surface area contributed by atoms with Crippen LogP contribution in [-0.2, 0) is 0 Å². The lowest BCUT2D eigenvalue weighted by atomic mass is 10.1. The van der Waals surface area contributed by atoms with Gasteiger partial charge in [-0.2, -0.15) is 0 Å². The first-order valence-corrected chi connectivity index (χ1v) is 9.81. The van der Waals surface area contributed by atoms with Crippen molar-refractivity contribution in [2.75, 3.05) is 7.11 Å². The zero-order valence-corrected chi connectivity index (χ0v) is 15.7. The third-order valence-electron chi connectivity index (χ3n) is 4.43. The predicted octanol–water partition coefficient (Wildman–Crippen LogP) is 7.12. The van der Waals surface area contributed by atoms with E-state index in [-0.39, 0.29) is 5.75 Å². The van der Waals surface area contributed by atoms with Crippen LogP contribution in [-0.4, -0.2) is 12.2 Å². The molecule has 0 aliphatic heterocycles. The van der Waals surface area contributed by atoms with E-state index in [1.54, 1.807) is 19.2 Å². The molecule has 24 heavy (non-hydrogen) atoms. The third-order valence-corrected chi connectivity index (χ3v) is 4.43. The molecule has 0 aromatic heterocycles. The van der Waals surface area contributed by atoms with Crippen LogP contribution < -0.4 is 4.74 Å². The summed E-state index contributed by atoms with van der Waals surface area (Å²) in [5, 5.41) is 9.61. The van der Waals surface area contributed by atoms with Gasteiger partial charge in [0, 0.05) is 6.07 Å². The molecule has 0 radical (unpaired) electrons. The van der Waals surface area contributed by atoms with Crippen molar-refractivity contribution >= 4 is 6.08 Å². The Hall–Kier alpha value is -1.44. The smallest absolute Gasteiger partial charge is 0.123 e. The minimum Gasteiger partial charge on any atom is -0.508 e. The molecule has 0 unspecified atom stereocenters. The number of ether oxygens (including phenoxy) is 1. The van der Waals surface area contributed by atoms with Crippen LogP contribution in [0.1, 0.15) is 89.5 Å². The summed E-state index contributed by atoms with van der Waals surface area (Å²) in [5.41, 5.74) is 0.995. The maximum atomic E-state index is 9.61. The van der Waals surface area contributed by atoms with Gasteiger partial charge in [0.1, 0.15) is 11.5 Å². The Morgan fingerprint density at radius 3 is 2.00 bits per heavy atom. The van der Waals surface area contributed by atoms with E-state index in [4.69, 9.17) is 4.74 Å². The van der Waals surface area contributed by atoms with Crippen LogP contribution in [0.25, 0.3) is 6.08 Å². The van der Waals surface area contributed by atoms with Crippen molar-refractivity contribution in [3.8, 4) is 11.5 Å². The molecular weight excluding hydrogens is 296 g/mol. The molecule has 1 aromatic carbocycles. The van der Waals surface area contributed by atoms with Gasteiger partial charge in [0.2, 0.25) is 0 Å². The summed E-state index contributed by atoms with van der Waals surface area (Å²) in [6.07, 6.45) is 20.6. The van der Waals surface area contributed by atoms with E-state index in [1.165, 1.54) is 70.6 Å². The normalized spacial score (nSPS) is 11.2. The summed E-state index contributed by atoms with van der Waals surface area (Å²) in [7, 11) is 1.62. The second kappa shape index (κ2) is 13.9. The topological polar surface area (TPSA) is 29.5 Å². The van der Waals surface area contributed by atoms with Gasteiger partial charge in [-0.1, -0.05) is 83.3 Å². The largest absolute Gasteiger partial charge is 0.508 e. The highest BCUT2D eigenvalue weighted by Crippen LogP contribution is 2.22. The molecule has 2 nitrogen and oxygen atoms in total. The van der Waals surface area contributed by atoms with Crippen molar-refractivity contribution in [3.63, 3.8) is 0 Å². The number of allylic oxidation sites excluding steroid dienone is 1. The molecule has 1 rings (SSSR count). The molecule has 0 spiro atoms. The molecule has 1 N–H and O–H groups in total. The van der Waals surface area contributed by atoms with Crippen LogP contribution in [0.15, 0.2) is 24.3 Å². The lowest BCUT2D eigenvalue weighted by Crippen LogP contribution is -1.83. The summed E-state index contributed by atoms with van der Waals surface area (Å²) < 4.78 is 5.16. The molecule has 136 valence electrons. The lowest BCUT2D eigenvalue weighted by molar-refractivity contribution is 0.407. The standard InChI is InChI=1S/C22H36O2/c1-3-4-5-6-7-8-9-10-11-12-13-14-15-16-20-17-21(23)19-22(18-20)24-2/h15-19,23H,3-14H2,1-2H3. The van der Waals surface area contributed by atoms with Gasteiger partial charge in [-0.05, 0) is 30.5 Å². The molecule has 0 saturated carbocycles. The Bertz CT molecular complexity index is 451. The summed E-state index contributed by atoms with van der Waals surface area (Å²) >= 11 is 0. The van der Waals surface area contributed by atoms with E-state index in [0.717, 1.165) is 12.0 Å². The molecule has 0 aliphatic rings. The fourth-order valence-electron chi connectivity index (χ4n) is 2.97. The van der Waals surface area contributed by atoms with Gasteiger partial charge in [0.05, 0.1) is 7.11 Å². The summed E-state index contributed by atoms with van der Waals surface area (Å²) in [6.45, 7) is 2.27. The fraction of sp³-hybridized carbons (Fsp3) is 0.636. The van der Waals surface area contributed by atoms with Crippen LogP contribution in [0.4, 0.5) is 0 Å².